The van der Waals surface area contributed by atoms with Crippen molar-refractivity contribution < 1.29 is 9.53 Å². The molecule has 0 N–H and O–H groups in total. The molecule has 1 aliphatic heterocycles. The van der Waals surface area contributed by atoms with E-state index in [1.807, 2.05) is 30.7 Å². The lowest BCUT2D eigenvalue weighted by atomic mass is 9.83. The molecule has 0 saturated carbocycles. The van der Waals surface area contributed by atoms with Gasteiger partial charge in [-0.05, 0) is 91.1 Å². The Labute approximate surface area is 260 Å². The van der Waals surface area contributed by atoms with E-state index in [0.717, 1.165) is 77.2 Å². The molecule has 224 valence electrons. The quantitative estimate of drug-likeness (QED) is 0.124. The third kappa shape index (κ3) is 7.09. The summed E-state index contributed by atoms with van der Waals surface area (Å²) in [5.74, 6) is -0.350. The number of benzene rings is 3. The summed E-state index contributed by atoms with van der Waals surface area (Å²) in [6.45, 7) is 13.4. The normalized spacial score (nSPS) is 14.2. The van der Waals surface area contributed by atoms with Crippen LogP contribution < -0.4 is 0 Å². The van der Waals surface area contributed by atoms with Gasteiger partial charge in [-0.3, -0.25) is 9.69 Å². The van der Waals surface area contributed by atoms with Crippen molar-refractivity contribution in [2.24, 2.45) is 0 Å². The lowest BCUT2D eigenvalue weighted by Crippen LogP contribution is -2.30. The summed E-state index contributed by atoms with van der Waals surface area (Å²) in [7, 11) is 0. The zero-order valence-corrected chi connectivity index (χ0v) is 26.2. The molecule has 0 radical (unpaired) electrons. The number of carbonyl (C=O) groups excluding carboxylic acids is 1. The molecule has 0 fully saturated rings. The number of aromatic nitrogens is 3. The highest BCUT2D eigenvalue weighted by molar-refractivity contribution is 6.31. The van der Waals surface area contributed by atoms with E-state index in [0.29, 0.717) is 13.2 Å². The van der Waals surface area contributed by atoms with Gasteiger partial charge in [0.1, 0.15) is 5.52 Å². The molecule has 7 heteroatoms. The fourth-order valence-corrected chi connectivity index (χ4v) is 6.33. The summed E-state index contributed by atoms with van der Waals surface area (Å²) in [5.41, 5.74) is 10.1. The molecule has 0 aliphatic carbocycles. The minimum absolute atomic E-state index is 0.151. The van der Waals surface area contributed by atoms with Crippen LogP contribution in [-0.4, -0.2) is 39.0 Å². The maximum Gasteiger partial charge on any atom is 0.306 e. The first-order chi connectivity index (χ1) is 20.9. The van der Waals surface area contributed by atoms with Gasteiger partial charge in [-0.1, -0.05) is 71.4 Å². The van der Waals surface area contributed by atoms with Gasteiger partial charge < -0.3 is 4.74 Å². The fraction of sp³-hybridized carbons (Fsp3) is 0.361. The number of ether oxygens (including phenoxy) is 1. The highest BCUT2D eigenvalue weighted by atomic mass is 35.5. The molecule has 1 aliphatic rings. The van der Waals surface area contributed by atoms with Crippen LogP contribution in [0.5, 0.6) is 0 Å². The molecular formula is C36H41ClN4O2. The van der Waals surface area contributed by atoms with E-state index >= 15 is 0 Å². The number of allylic oxidation sites excluding steroid dienone is 3. The molecule has 0 amide bonds. The van der Waals surface area contributed by atoms with E-state index in [1.165, 1.54) is 16.7 Å². The van der Waals surface area contributed by atoms with Gasteiger partial charge >= 0.3 is 5.97 Å². The fourth-order valence-electron chi connectivity index (χ4n) is 6.07. The SMILES string of the molecule is C=CCCc1ccc(CN2CCc3ccc(C(CC(=O)OCC)c4ccc5c(nnn5C/C=C/C)c4C)cc3C2)c(Cl)c1. The van der Waals surface area contributed by atoms with Crippen molar-refractivity contribution in [2.75, 3.05) is 13.2 Å². The Bertz CT molecular complexity index is 1640. The van der Waals surface area contributed by atoms with Crippen molar-refractivity contribution >= 4 is 28.6 Å². The van der Waals surface area contributed by atoms with Crippen LogP contribution in [-0.2, 0) is 42.0 Å². The average Bonchev–Trinajstić information content (AvgIpc) is 3.43. The first-order valence-electron chi connectivity index (χ1n) is 15.2. The summed E-state index contributed by atoms with van der Waals surface area (Å²) in [6.07, 6.45) is 9.16. The Morgan fingerprint density at radius 1 is 1.16 bits per heavy atom. The van der Waals surface area contributed by atoms with Crippen molar-refractivity contribution in [3.8, 4) is 0 Å². The molecule has 4 aromatic rings. The Kier molecular flexibility index (Phi) is 10.1. The molecule has 2 heterocycles. The number of hydrogen-bond donors (Lipinski definition) is 0. The molecule has 0 saturated heterocycles. The molecule has 5 rings (SSSR count). The smallest absolute Gasteiger partial charge is 0.306 e. The molecule has 43 heavy (non-hydrogen) atoms. The van der Waals surface area contributed by atoms with Gasteiger partial charge in [-0.15, -0.1) is 11.7 Å². The number of hydrogen-bond acceptors (Lipinski definition) is 5. The molecule has 0 spiro atoms. The summed E-state index contributed by atoms with van der Waals surface area (Å²) in [4.78, 5) is 15.3. The van der Waals surface area contributed by atoms with Crippen molar-refractivity contribution in [3.63, 3.8) is 0 Å². The Morgan fingerprint density at radius 3 is 2.79 bits per heavy atom. The predicted octanol–water partition coefficient (Wildman–Crippen LogP) is 7.73. The van der Waals surface area contributed by atoms with Crippen molar-refractivity contribution in [1.29, 1.82) is 0 Å². The summed E-state index contributed by atoms with van der Waals surface area (Å²) in [5, 5.41) is 9.72. The van der Waals surface area contributed by atoms with Crippen LogP contribution in [0.25, 0.3) is 11.0 Å². The first kappa shape index (κ1) is 30.7. The van der Waals surface area contributed by atoms with Gasteiger partial charge in [-0.25, -0.2) is 4.68 Å². The topological polar surface area (TPSA) is 60.3 Å². The van der Waals surface area contributed by atoms with Gasteiger partial charge in [0.25, 0.3) is 0 Å². The largest absolute Gasteiger partial charge is 0.466 e. The monoisotopic (exact) mass is 596 g/mol. The first-order valence-corrected chi connectivity index (χ1v) is 15.6. The number of carbonyl (C=O) groups is 1. The van der Waals surface area contributed by atoms with E-state index in [-0.39, 0.29) is 18.3 Å². The second kappa shape index (κ2) is 14.2. The number of esters is 1. The highest BCUT2D eigenvalue weighted by Crippen LogP contribution is 2.36. The second-order valence-electron chi connectivity index (χ2n) is 11.3. The zero-order valence-electron chi connectivity index (χ0n) is 25.5. The molecular weight excluding hydrogens is 556 g/mol. The zero-order chi connectivity index (χ0) is 30.3. The van der Waals surface area contributed by atoms with E-state index in [9.17, 15) is 4.79 Å². The minimum Gasteiger partial charge on any atom is -0.466 e. The van der Waals surface area contributed by atoms with E-state index in [4.69, 9.17) is 16.3 Å². The molecule has 1 aromatic heterocycles. The summed E-state index contributed by atoms with van der Waals surface area (Å²) >= 11 is 6.71. The van der Waals surface area contributed by atoms with Crippen LogP contribution in [0.15, 0.2) is 73.3 Å². The van der Waals surface area contributed by atoms with Gasteiger partial charge in [0.2, 0.25) is 0 Å². The maximum atomic E-state index is 12.9. The molecule has 1 unspecified atom stereocenters. The number of halogens is 1. The van der Waals surface area contributed by atoms with Gasteiger partial charge in [-0.2, -0.15) is 0 Å². The van der Waals surface area contributed by atoms with Gasteiger partial charge in [0.15, 0.2) is 0 Å². The van der Waals surface area contributed by atoms with Crippen LogP contribution in [0.3, 0.4) is 0 Å². The summed E-state index contributed by atoms with van der Waals surface area (Å²) in [6, 6.07) is 17.4. The van der Waals surface area contributed by atoms with Gasteiger partial charge in [0, 0.05) is 30.6 Å². The third-order valence-corrected chi connectivity index (χ3v) is 8.77. The lowest BCUT2D eigenvalue weighted by Gasteiger charge is -2.30. The van der Waals surface area contributed by atoms with Crippen molar-refractivity contribution in [1.82, 2.24) is 19.9 Å². The van der Waals surface area contributed by atoms with Crippen molar-refractivity contribution in [3.05, 3.63) is 117 Å². The summed E-state index contributed by atoms with van der Waals surface area (Å²) < 4.78 is 7.33. The number of rotatable bonds is 12. The Balaban J connectivity index is 1.42. The maximum absolute atomic E-state index is 12.9. The number of nitrogens with zero attached hydrogens (tertiary/aromatic N) is 4. The molecule has 0 bridgehead atoms. The van der Waals surface area contributed by atoms with E-state index < -0.39 is 0 Å². The van der Waals surface area contributed by atoms with Crippen LogP contribution >= 0.6 is 11.6 Å². The highest BCUT2D eigenvalue weighted by Gasteiger charge is 2.25. The van der Waals surface area contributed by atoms with Crippen LogP contribution in [0, 0.1) is 6.92 Å². The third-order valence-electron chi connectivity index (χ3n) is 8.42. The average molecular weight is 597 g/mol. The Morgan fingerprint density at radius 2 is 2.02 bits per heavy atom. The Hall–Kier alpha value is -3.74. The standard InChI is InChI=1S/C36H41ClN4O2/c1-5-8-10-26-11-12-29(33(37)20-26)23-40-19-17-27-13-14-28(21-30(27)24-40)32(22-35(42)43-7-3)31-15-16-34-36(25(31)4)38-39-41(34)18-9-6-2/h5-6,9,11-16,20-21,32H,1,7-8,10,17-19,22-24H2,2-4H3/b9-6+. The lowest BCUT2D eigenvalue weighted by molar-refractivity contribution is -0.143. The predicted molar refractivity (Wildman–Crippen MR) is 174 cm³/mol. The minimum atomic E-state index is -0.200. The number of fused-ring (bicyclic) bond motifs is 2. The second-order valence-corrected chi connectivity index (χ2v) is 11.7. The van der Waals surface area contributed by atoms with Crippen LogP contribution in [0.4, 0.5) is 0 Å². The molecule has 1 atom stereocenters. The van der Waals surface area contributed by atoms with E-state index in [2.05, 4.69) is 83.3 Å². The van der Waals surface area contributed by atoms with Crippen LogP contribution in [0.1, 0.15) is 71.6 Å². The molecule has 3 aromatic carbocycles. The molecule has 6 nitrogen and oxygen atoms in total. The van der Waals surface area contributed by atoms with E-state index in [1.54, 1.807) is 0 Å². The number of aryl methyl sites for hydroxylation is 2. The van der Waals surface area contributed by atoms with Crippen molar-refractivity contribution in [2.45, 2.75) is 72.0 Å². The van der Waals surface area contributed by atoms with Gasteiger partial charge in [0.05, 0.1) is 25.1 Å². The van der Waals surface area contributed by atoms with Crippen LogP contribution in [0.2, 0.25) is 5.02 Å².